The minimum Gasteiger partial charge on any atom is -0.497 e. The summed E-state index contributed by atoms with van der Waals surface area (Å²) in [5.74, 6) is -0.862. The Kier molecular flexibility index (Phi) is 4.76. The summed E-state index contributed by atoms with van der Waals surface area (Å²) in [6.45, 7) is 0. The van der Waals surface area contributed by atoms with Gasteiger partial charge in [-0.05, 0) is 43.2 Å². The van der Waals surface area contributed by atoms with Gasteiger partial charge in [-0.15, -0.1) is 0 Å². The molecule has 3 aromatic rings. The molecule has 0 radical (unpaired) electrons. The summed E-state index contributed by atoms with van der Waals surface area (Å²) >= 11 is 0. The first-order valence-electron chi connectivity index (χ1n) is 9.03. The number of rotatable bonds is 5. The predicted octanol–water partition coefficient (Wildman–Crippen LogP) is 5.18. The number of alkyl halides is 3. The smallest absolute Gasteiger partial charge is 0.419 e. The van der Waals surface area contributed by atoms with Crippen molar-refractivity contribution in [2.45, 2.75) is 24.4 Å². The number of hydrogen-bond acceptors (Lipinski definition) is 4. The highest BCUT2D eigenvalue weighted by molar-refractivity contribution is 6.01. The van der Waals surface area contributed by atoms with Crippen LogP contribution in [0.3, 0.4) is 0 Å². The molecule has 0 bridgehead atoms. The van der Waals surface area contributed by atoms with Gasteiger partial charge in [0.25, 0.3) is 0 Å². The Morgan fingerprint density at radius 3 is 2.60 bits per heavy atom. The van der Waals surface area contributed by atoms with E-state index in [1.807, 2.05) is 0 Å². The van der Waals surface area contributed by atoms with Crippen LogP contribution in [0.15, 0.2) is 53.1 Å². The molecule has 1 saturated carbocycles. The summed E-state index contributed by atoms with van der Waals surface area (Å²) in [6.07, 6.45) is -3.92. The van der Waals surface area contributed by atoms with Crippen LogP contribution >= 0.6 is 0 Å². The van der Waals surface area contributed by atoms with Crippen LogP contribution in [0.1, 0.15) is 24.1 Å². The molecule has 9 heteroatoms. The van der Waals surface area contributed by atoms with Gasteiger partial charge in [-0.3, -0.25) is 4.79 Å². The normalized spacial score (nSPS) is 15.0. The summed E-state index contributed by atoms with van der Waals surface area (Å²) in [6, 6.07) is 11.1. The maximum Gasteiger partial charge on any atom is 0.419 e. The van der Waals surface area contributed by atoms with E-state index >= 15 is 0 Å². The maximum absolute atomic E-state index is 13.5. The zero-order chi connectivity index (χ0) is 21.5. The number of carbonyl (C=O) groups is 1. The highest BCUT2D eigenvalue weighted by atomic mass is 19.4. The molecular formula is C21H16F4N2O3. The minimum absolute atomic E-state index is 0.142. The quantitative estimate of drug-likeness (QED) is 0.578. The topological polar surface area (TPSA) is 64.4 Å². The molecule has 1 aromatic heterocycles. The number of anilines is 1. The zero-order valence-corrected chi connectivity index (χ0v) is 15.7. The van der Waals surface area contributed by atoms with E-state index in [-0.39, 0.29) is 5.69 Å². The monoisotopic (exact) mass is 420 g/mol. The summed E-state index contributed by atoms with van der Waals surface area (Å²) in [4.78, 5) is 12.8. The lowest BCUT2D eigenvalue weighted by atomic mass is 10.00. The minimum atomic E-state index is -4.86. The SMILES string of the molecule is COc1cccc(-c2cc(C3(C(=O)Nc4ccc(F)c(C(F)(F)F)c4)CC3)no2)c1. The lowest BCUT2D eigenvalue weighted by Crippen LogP contribution is -2.28. The van der Waals surface area contributed by atoms with Crippen LogP contribution in [0.2, 0.25) is 0 Å². The number of nitrogens with zero attached hydrogens (tertiary/aromatic N) is 1. The third-order valence-electron chi connectivity index (χ3n) is 5.07. The molecule has 0 spiro atoms. The average molecular weight is 420 g/mol. The molecule has 1 aliphatic carbocycles. The van der Waals surface area contributed by atoms with Crippen LogP contribution in [-0.2, 0) is 16.4 Å². The molecule has 30 heavy (non-hydrogen) atoms. The Morgan fingerprint density at radius 2 is 1.93 bits per heavy atom. The second-order valence-corrected chi connectivity index (χ2v) is 7.04. The molecule has 4 rings (SSSR count). The van der Waals surface area contributed by atoms with Crippen molar-refractivity contribution in [3.05, 3.63) is 65.6 Å². The number of carbonyl (C=O) groups excluding carboxylic acids is 1. The predicted molar refractivity (Wildman–Crippen MR) is 99.4 cm³/mol. The third kappa shape index (κ3) is 3.62. The standard InChI is InChI=1S/C21H16F4N2O3/c1-29-14-4-2-3-12(9-14)17-11-18(27-30-17)20(7-8-20)19(28)26-13-5-6-16(22)15(10-13)21(23,24)25/h2-6,9-11H,7-8H2,1H3,(H,26,28). The molecule has 1 aliphatic rings. The van der Waals surface area contributed by atoms with E-state index in [0.717, 1.165) is 6.07 Å². The van der Waals surface area contributed by atoms with E-state index in [1.165, 1.54) is 7.11 Å². The van der Waals surface area contributed by atoms with Gasteiger partial charge in [-0.1, -0.05) is 17.3 Å². The fraction of sp³-hybridized carbons (Fsp3) is 0.238. The molecule has 156 valence electrons. The number of nitrogens with one attached hydrogen (secondary N) is 1. The lowest BCUT2D eigenvalue weighted by molar-refractivity contribution is -0.140. The number of halogens is 4. The largest absolute Gasteiger partial charge is 0.497 e. The van der Waals surface area contributed by atoms with Crippen LogP contribution in [0, 0.1) is 5.82 Å². The van der Waals surface area contributed by atoms with Crippen molar-refractivity contribution < 1.29 is 31.6 Å². The molecule has 2 aromatic carbocycles. The second-order valence-electron chi connectivity index (χ2n) is 7.04. The Balaban J connectivity index is 1.57. The van der Waals surface area contributed by atoms with Crippen LogP contribution < -0.4 is 10.1 Å². The molecule has 1 amide bonds. The van der Waals surface area contributed by atoms with Crippen molar-refractivity contribution in [1.29, 1.82) is 0 Å². The molecule has 0 atom stereocenters. The van der Waals surface area contributed by atoms with E-state index in [0.29, 0.717) is 47.7 Å². The van der Waals surface area contributed by atoms with Gasteiger partial charge in [0.15, 0.2) is 5.76 Å². The van der Waals surface area contributed by atoms with E-state index in [9.17, 15) is 22.4 Å². The molecule has 0 aliphatic heterocycles. The number of hydrogen-bond donors (Lipinski definition) is 1. The van der Waals surface area contributed by atoms with Crippen LogP contribution in [0.5, 0.6) is 5.75 Å². The van der Waals surface area contributed by atoms with Crippen molar-refractivity contribution in [2.75, 3.05) is 12.4 Å². The van der Waals surface area contributed by atoms with Gasteiger partial charge in [0.2, 0.25) is 5.91 Å². The molecule has 1 N–H and O–H groups in total. The summed E-state index contributed by atoms with van der Waals surface area (Å²) in [5.41, 5.74) is -1.48. The Morgan fingerprint density at radius 1 is 1.17 bits per heavy atom. The molecule has 5 nitrogen and oxygen atoms in total. The first kappa shape index (κ1) is 19.9. The fourth-order valence-electron chi connectivity index (χ4n) is 3.21. The Bertz CT molecular complexity index is 1100. The first-order valence-corrected chi connectivity index (χ1v) is 9.03. The fourth-order valence-corrected chi connectivity index (χ4v) is 3.21. The van der Waals surface area contributed by atoms with Crippen LogP contribution in [0.4, 0.5) is 23.2 Å². The van der Waals surface area contributed by atoms with Crippen molar-refractivity contribution >= 4 is 11.6 Å². The summed E-state index contributed by atoms with van der Waals surface area (Å²) < 4.78 is 62.8. The maximum atomic E-state index is 13.5. The van der Waals surface area contributed by atoms with Gasteiger partial charge in [-0.2, -0.15) is 13.2 Å². The van der Waals surface area contributed by atoms with Crippen molar-refractivity contribution in [3.63, 3.8) is 0 Å². The third-order valence-corrected chi connectivity index (χ3v) is 5.07. The second kappa shape index (κ2) is 7.16. The van der Waals surface area contributed by atoms with E-state index < -0.39 is 28.9 Å². The molecule has 1 heterocycles. The Hall–Kier alpha value is -3.36. The number of aromatic nitrogens is 1. The van der Waals surface area contributed by atoms with E-state index in [2.05, 4.69) is 10.5 Å². The zero-order valence-electron chi connectivity index (χ0n) is 15.7. The molecule has 0 unspecified atom stereocenters. The highest BCUT2D eigenvalue weighted by Crippen LogP contribution is 2.49. The number of benzene rings is 2. The summed E-state index contributed by atoms with van der Waals surface area (Å²) in [7, 11) is 1.54. The van der Waals surface area contributed by atoms with Crippen molar-refractivity contribution in [1.82, 2.24) is 5.16 Å². The van der Waals surface area contributed by atoms with Gasteiger partial charge >= 0.3 is 6.18 Å². The van der Waals surface area contributed by atoms with Gasteiger partial charge < -0.3 is 14.6 Å². The van der Waals surface area contributed by atoms with Gasteiger partial charge in [0, 0.05) is 17.3 Å². The number of methoxy groups -OCH3 is 1. The first-order chi connectivity index (χ1) is 14.2. The van der Waals surface area contributed by atoms with Crippen molar-refractivity contribution in [3.8, 4) is 17.1 Å². The van der Waals surface area contributed by atoms with E-state index in [4.69, 9.17) is 9.26 Å². The highest BCUT2D eigenvalue weighted by Gasteiger charge is 2.54. The van der Waals surface area contributed by atoms with Crippen LogP contribution in [-0.4, -0.2) is 18.2 Å². The van der Waals surface area contributed by atoms with Gasteiger partial charge in [0.05, 0.1) is 23.8 Å². The number of ether oxygens (including phenoxy) is 1. The molecular weight excluding hydrogens is 404 g/mol. The number of amides is 1. The lowest BCUT2D eigenvalue weighted by Gasteiger charge is -2.14. The van der Waals surface area contributed by atoms with Crippen LogP contribution in [0.25, 0.3) is 11.3 Å². The molecule has 1 fully saturated rings. The summed E-state index contributed by atoms with van der Waals surface area (Å²) in [5, 5.41) is 6.44. The average Bonchev–Trinajstić information content (AvgIpc) is 3.38. The van der Waals surface area contributed by atoms with Gasteiger partial charge in [0.1, 0.15) is 11.6 Å². The Labute approximate surface area is 168 Å². The van der Waals surface area contributed by atoms with Crippen molar-refractivity contribution in [2.24, 2.45) is 0 Å². The van der Waals surface area contributed by atoms with E-state index in [1.54, 1.807) is 30.3 Å². The van der Waals surface area contributed by atoms with Gasteiger partial charge in [-0.25, -0.2) is 4.39 Å². The molecule has 0 saturated heterocycles.